The molecule has 1 atom stereocenters. The van der Waals surface area contributed by atoms with E-state index in [0.717, 1.165) is 17.4 Å². The van der Waals surface area contributed by atoms with Crippen LogP contribution >= 0.6 is 0 Å². The third kappa shape index (κ3) is 2.98. The molecule has 1 fully saturated rings. The Labute approximate surface area is 96.7 Å². The fourth-order valence-electron chi connectivity index (χ4n) is 2.09. The first-order valence-electron chi connectivity index (χ1n) is 6.11. The summed E-state index contributed by atoms with van der Waals surface area (Å²) in [6.45, 7) is 4.88. The van der Waals surface area contributed by atoms with Gasteiger partial charge in [-0.05, 0) is 26.2 Å². The lowest BCUT2D eigenvalue weighted by atomic mass is 10.1. The quantitative estimate of drug-likeness (QED) is 0.773. The molecule has 1 heterocycles. The zero-order chi connectivity index (χ0) is 11.5. The highest BCUT2D eigenvalue weighted by Gasteiger charge is 2.23. The smallest absolute Gasteiger partial charge is 0.124 e. The van der Waals surface area contributed by atoms with E-state index < -0.39 is 0 Å². The van der Waals surface area contributed by atoms with Crippen molar-refractivity contribution in [1.82, 2.24) is 9.78 Å². The topological polar surface area (TPSA) is 50.1 Å². The molecule has 1 aromatic heterocycles. The van der Waals surface area contributed by atoms with E-state index in [0.29, 0.717) is 12.6 Å². The van der Waals surface area contributed by atoms with Crippen molar-refractivity contribution in [3.8, 4) is 0 Å². The van der Waals surface area contributed by atoms with Crippen molar-refractivity contribution in [3.63, 3.8) is 0 Å². The maximum Gasteiger partial charge on any atom is 0.124 e. The molecule has 16 heavy (non-hydrogen) atoms. The van der Waals surface area contributed by atoms with Crippen molar-refractivity contribution in [2.45, 2.75) is 45.7 Å². The lowest BCUT2D eigenvalue weighted by Gasteiger charge is -2.15. The molecule has 1 aromatic rings. The summed E-state index contributed by atoms with van der Waals surface area (Å²) in [4.78, 5) is 0. The molecular weight excluding hydrogens is 202 g/mol. The highest BCUT2D eigenvalue weighted by atomic mass is 16.3. The fraction of sp³-hybridized carbons (Fsp3) is 0.750. The number of rotatable bonds is 6. The first-order valence-corrected chi connectivity index (χ1v) is 6.11. The molecule has 1 saturated carbocycles. The minimum Gasteiger partial charge on any atom is -0.394 e. The van der Waals surface area contributed by atoms with Crippen LogP contribution in [0.15, 0.2) is 6.07 Å². The molecule has 90 valence electrons. The number of aryl methyl sites for hydroxylation is 1. The van der Waals surface area contributed by atoms with Crippen LogP contribution in [-0.4, -0.2) is 27.5 Å². The highest BCUT2D eigenvalue weighted by molar-refractivity contribution is 5.37. The summed E-state index contributed by atoms with van der Waals surface area (Å²) in [7, 11) is 0. The number of aliphatic hydroxyl groups is 1. The van der Waals surface area contributed by atoms with Gasteiger partial charge in [0.2, 0.25) is 0 Å². The van der Waals surface area contributed by atoms with Crippen LogP contribution in [0.4, 0.5) is 5.82 Å². The molecule has 4 nitrogen and oxygen atoms in total. The Balaban J connectivity index is 1.95. The largest absolute Gasteiger partial charge is 0.394 e. The second kappa shape index (κ2) is 4.87. The Bertz CT molecular complexity index is 344. The molecule has 2 rings (SSSR count). The van der Waals surface area contributed by atoms with Crippen molar-refractivity contribution < 1.29 is 5.11 Å². The van der Waals surface area contributed by atoms with Gasteiger partial charge in [0.05, 0.1) is 18.8 Å². The molecular formula is C12H21N3O. The molecule has 1 unspecified atom stereocenters. The second-order valence-corrected chi connectivity index (χ2v) is 4.84. The van der Waals surface area contributed by atoms with E-state index in [4.69, 9.17) is 5.11 Å². The van der Waals surface area contributed by atoms with Crippen LogP contribution in [0.25, 0.3) is 0 Å². The summed E-state index contributed by atoms with van der Waals surface area (Å²) in [6, 6.07) is 2.53. The van der Waals surface area contributed by atoms with Crippen LogP contribution in [0.3, 0.4) is 0 Å². The molecule has 0 aliphatic heterocycles. The minimum absolute atomic E-state index is 0.132. The van der Waals surface area contributed by atoms with E-state index in [1.165, 1.54) is 19.3 Å². The maximum atomic E-state index is 8.95. The van der Waals surface area contributed by atoms with E-state index in [-0.39, 0.29) is 6.61 Å². The van der Waals surface area contributed by atoms with Crippen molar-refractivity contribution in [2.24, 2.45) is 5.92 Å². The van der Waals surface area contributed by atoms with Gasteiger partial charge in [-0.2, -0.15) is 5.10 Å². The Morgan fingerprint density at radius 1 is 1.62 bits per heavy atom. The summed E-state index contributed by atoms with van der Waals surface area (Å²) < 4.78 is 1.85. The molecule has 0 aromatic carbocycles. The van der Waals surface area contributed by atoms with Gasteiger partial charge in [0.15, 0.2) is 0 Å². The number of hydrogen-bond donors (Lipinski definition) is 2. The van der Waals surface area contributed by atoms with Crippen LogP contribution in [0.2, 0.25) is 0 Å². The van der Waals surface area contributed by atoms with Gasteiger partial charge in [-0.3, -0.25) is 0 Å². The molecule has 4 heteroatoms. The van der Waals surface area contributed by atoms with Gasteiger partial charge in [0.1, 0.15) is 5.82 Å². The SMILES string of the molecule is Cc1cc(NC(C)CC2CC2)n(CCO)n1. The molecule has 0 amide bonds. The highest BCUT2D eigenvalue weighted by Crippen LogP contribution is 2.34. The second-order valence-electron chi connectivity index (χ2n) is 4.84. The number of hydrogen-bond acceptors (Lipinski definition) is 3. The van der Waals surface area contributed by atoms with E-state index >= 15 is 0 Å². The van der Waals surface area contributed by atoms with Crippen LogP contribution in [-0.2, 0) is 6.54 Å². The molecule has 1 aliphatic carbocycles. The molecule has 1 aliphatic rings. The van der Waals surface area contributed by atoms with Crippen molar-refractivity contribution in [1.29, 1.82) is 0 Å². The van der Waals surface area contributed by atoms with Crippen LogP contribution < -0.4 is 5.32 Å². The zero-order valence-corrected chi connectivity index (χ0v) is 10.1. The predicted molar refractivity (Wildman–Crippen MR) is 64.5 cm³/mol. The first-order chi connectivity index (χ1) is 7.69. The Morgan fingerprint density at radius 3 is 3.00 bits per heavy atom. The number of nitrogens with one attached hydrogen (secondary N) is 1. The normalized spacial score (nSPS) is 17.4. The Kier molecular flexibility index (Phi) is 3.49. The van der Waals surface area contributed by atoms with Crippen LogP contribution in [0.5, 0.6) is 0 Å². The Hall–Kier alpha value is -1.03. The molecule has 0 radical (unpaired) electrons. The number of aliphatic hydroxyl groups excluding tert-OH is 1. The number of aromatic nitrogens is 2. The maximum absolute atomic E-state index is 8.95. The van der Waals surface area contributed by atoms with Gasteiger partial charge in [-0.25, -0.2) is 4.68 Å². The van der Waals surface area contributed by atoms with E-state index in [9.17, 15) is 0 Å². The minimum atomic E-state index is 0.132. The molecule has 0 spiro atoms. The number of nitrogens with zero attached hydrogens (tertiary/aromatic N) is 2. The number of anilines is 1. The predicted octanol–water partition coefficient (Wildman–Crippen LogP) is 1.78. The van der Waals surface area contributed by atoms with Gasteiger partial charge < -0.3 is 10.4 Å². The van der Waals surface area contributed by atoms with E-state index in [1.54, 1.807) is 0 Å². The lowest BCUT2D eigenvalue weighted by Crippen LogP contribution is -2.19. The van der Waals surface area contributed by atoms with E-state index in [2.05, 4.69) is 17.3 Å². The Morgan fingerprint density at radius 2 is 2.38 bits per heavy atom. The summed E-state index contributed by atoms with van der Waals surface area (Å²) in [5.41, 5.74) is 0.995. The summed E-state index contributed by atoms with van der Waals surface area (Å²) in [5.74, 6) is 1.96. The van der Waals surface area contributed by atoms with Crippen molar-refractivity contribution in [3.05, 3.63) is 11.8 Å². The van der Waals surface area contributed by atoms with Gasteiger partial charge in [-0.1, -0.05) is 12.8 Å². The molecule has 2 N–H and O–H groups in total. The van der Waals surface area contributed by atoms with Crippen LogP contribution in [0.1, 0.15) is 31.9 Å². The van der Waals surface area contributed by atoms with Gasteiger partial charge in [0, 0.05) is 12.1 Å². The zero-order valence-electron chi connectivity index (χ0n) is 10.1. The van der Waals surface area contributed by atoms with Gasteiger partial charge in [0.25, 0.3) is 0 Å². The molecule has 0 bridgehead atoms. The lowest BCUT2D eigenvalue weighted by molar-refractivity contribution is 0.270. The summed E-state index contributed by atoms with van der Waals surface area (Å²) >= 11 is 0. The summed E-state index contributed by atoms with van der Waals surface area (Å²) in [5, 5.41) is 16.8. The van der Waals surface area contributed by atoms with Crippen molar-refractivity contribution >= 4 is 5.82 Å². The average Bonchev–Trinajstić information content (AvgIpc) is 2.94. The molecule has 0 saturated heterocycles. The monoisotopic (exact) mass is 223 g/mol. The first kappa shape index (κ1) is 11.5. The third-order valence-electron chi connectivity index (χ3n) is 2.99. The van der Waals surface area contributed by atoms with Crippen LogP contribution in [0, 0.1) is 12.8 Å². The van der Waals surface area contributed by atoms with E-state index in [1.807, 2.05) is 17.7 Å². The summed E-state index contributed by atoms with van der Waals surface area (Å²) in [6.07, 6.45) is 4.02. The van der Waals surface area contributed by atoms with Gasteiger partial charge in [-0.15, -0.1) is 0 Å². The third-order valence-corrected chi connectivity index (χ3v) is 2.99. The average molecular weight is 223 g/mol. The fourth-order valence-corrected chi connectivity index (χ4v) is 2.09. The van der Waals surface area contributed by atoms with Crippen molar-refractivity contribution in [2.75, 3.05) is 11.9 Å². The standard InChI is InChI=1S/C12H21N3O/c1-9(7-11-3-4-11)13-12-8-10(2)14-15(12)5-6-16/h8-9,11,13,16H,3-7H2,1-2H3. The van der Waals surface area contributed by atoms with Gasteiger partial charge >= 0.3 is 0 Å².